The average Bonchev–Trinajstić information content (AvgIpc) is 2.70. The summed E-state index contributed by atoms with van der Waals surface area (Å²) in [7, 11) is 0. The minimum atomic E-state index is -4.72. The molecule has 0 fully saturated rings. The van der Waals surface area contributed by atoms with E-state index in [1.165, 1.54) is 24.3 Å². The molecule has 0 atom stereocenters. The second kappa shape index (κ2) is 10.8. The van der Waals surface area contributed by atoms with Crippen molar-refractivity contribution in [3.8, 4) is 29.1 Å². The van der Waals surface area contributed by atoms with Crippen molar-refractivity contribution in [3.05, 3.63) is 53.6 Å². The summed E-state index contributed by atoms with van der Waals surface area (Å²) < 4.78 is 56.8. The molecule has 0 unspecified atom stereocenters. The standard InChI is InChI=1S/C24H25F3O5/c1-5-29-22(28)23(3,4)32-21-14-13-20(16-17(21)2)30-15-7-6-8-18-9-11-19(12-10-18)31-24(25,26)27/h9-14,16H,5,7,15H2,1-4H3. The summed E-state index contributed by atoms with van der Waals surface area (Å²) in [6.07, 6.45) is -4.29. The van der Waals surface area contributed by atoms with Crippen LogP contribution in [0.2, 0.25) is 0 Å². The number of aryl methyl sites for hydroxylation is 1. The van der Waals surface area contributed by atoms with Gasteiger partial charge in [0.25, 0.3) is 0 Å². The fourth-order valence-electron chi connectivity index (χ4n) is 2.57. The lowest BCUT2D eigenvalue weighted by atomic mass is 10.1. The molecule has 8 heteroatoms. The van der Waals surface area contributed by atoms with Crippen LogP contribution in [0.1, 0.15) is 38.3 Å². The maximum atomic E-state index is 12.2. The Morgan fingerprint density at radius 2 is 1.66 bits per heavy atom. The molecule has 0 saturated carbocycles. The van der Waals surface area contributed by atoms with Gasteiger partial charge in [-0.3, -0.25) is 0 Å². The van der Waals surface area contributed by atoms with Crippen LogP contribution in [0.4, 0.5) is 13.2 Å². The Kier molecular flexibility index (Phi) is 8.41. The van der Waals surface area contributed by atoms with Gasteiger partial charge < -0.3 is 18.9 Å². The van der Waals surface area contributed by atoms with Gasteiger partial charge in [0.2, 0.25) is 0 Å². The smallest absolute Gasteiger partial charge is 0.493 e. The Morgan fingerprint density at radius 1 is 1.00 bits per heavy atom. The van der Waals surface area contributed by atoms with E-state index in [0.717, 1.165) is 5.56 Å². The van der Waals surface area contributed by atoms with E-state index in [2.05, 4.69) is 16.6 Å². The van der Waals surface area contributed by atoms with Crippen LogP contribution in [-0.4, -0.2) is 31.1 Å². The summed E-state index contributed by atoms with van der Waals surface area (Å²) in [6.45, 7) is 7.47. The summed E-state index contributed by atoms with van der Waals surface area (Å²) in [4.78, 5) is 12.0. The highest BCUT2D eigenvalue weighted by Crippen LogP contribution is 2.27. The van der Waals surface area contributed by atoms with E-state index >= 15 is 0 Å². The van der Waals surface area contributed by atoms with E-state index in [0.29, 0.717) is 30.1 Å². The summed E-state index contributed by atoms with van der Waals surface area (Å²) in [5.74, 6) is 6.20. The zero-order valence-electron chi connectivity index (χ0n) is 18.3. The summed E-state index contributed by atoms with van der Waals surface area (Å²) in [5.41, 5.74) is 0.253. The van der Waals surface area contributed by atoms with Crippen molar-refractivity contribution in [1.29, 1.82) is 0 Å². The molecule has 2 aromatic carbocycles. The molecule has 0 bridgehead atoms. The molecule has 0 amide bonds. The SMILES string of the molecule is CCOC(=O)C(C)(C)Oc1ccc(OCCC#Cc2ccc(OC(F)(F)F)cc2)cc1C. The van der Waals surface area contributed by atoms with Crippen molar-refractivity contribution >= 4 is 5.97 Å². The highest BCUT2D eigenvalue weighted by atomic mass is 19.4. The summed E-state index contributed by atoms with van der Waals surface area (Å²) in [6, 6.07) is 10.6. The van der Waals surface area contributed by atoms with Gasteiger partial charge in [-0.25, -0.2) is 4.79 Å². The molecule has 5 nitrogen and oxygen atoms in total. The Bertz CT molecular complexity index is 970. The third kappa shape index (κ3) is 8.06. The number of carbonyl (C=O) groups excluding carboxylic acids is 1. The van der Waals surface area contributed by atoms with Crippen molar-refractivity contribution < 1.29 is 36.9 Å². The molecule has 0 aromatic heterocycles. The van der Waals surface area contributed by atoms with Crippen LogP contribution in [0.5, 0.6) is 17.2 Å². The zero-order valence-corrected chi connectivity index (χ0v) is 18.3. The van der Waals surface area contributed by atoms with E-state index in [9.17, 15) is 18.0 Å². The number of rotatable bonds is 8. The van der Waals surface area contributed by atoms with Crippen LogP contribution >= 0.6 is 0 Å². The van der Waals surface area contributed by atoms with Crippen LogP contribution in [0.3, 0.4) is 0 Å². The molecule has 2 aromatic rings. The molecule has 0 aliphatic heterocycles. The Hall–Kier alpha value is -3.34. The normalized spacial score (nSPS) is 11.2. The van der Waals surface area contributed by atoms with Crippen molar-refractivity contribution in [2.24, 2.45) is 0 Å². The van der Waals surface area contributed by atoms with Gasteiger partial charge in [-0.05, 0) is 75.7 Å². The summed E-state index contributed by atoms with van der Waals surface area (Å²) >= 11 is 0. The maximum absolute atomic E-state index is 12.2. The van der Waals surface area contributed by atoms with Gasteiger partial charge >= 0.3 is 12.3 Å². The van der Waals surface area contributed by atoms with Crippen LogP contribution in [0.15, 0.2) is 42.5 Å². The maximum Gasteiger partial charge on any atom is 0.573 e. The molecule has 0 N–H and O–H groups in total. The van der Waals surface area contributed by atoms with Gasteiger partial charge in [-0.1, -0.05) is 11.8 Å². The molecule has 0 spiro atoms. The van der Waals surface area contributed by atoms with Crippen LogP contribution in [0.25, 0.3) is 0 Å². The lowest BCUT2D eigenvalue weighted by molar-refractivity contribution is -0.274. The van der Waals surface area contributed by atoms with Crippen LogP contribution in [-0.2, 0) is 9.53 Å². The fourth-order valence-corrected chi connectivity index (χ4v) is 2.57. The molecule has 172 valence electrons. The van der Waals surface area contributed by atoms with Crippen molar-refractivity contribution in [1.82, 2.24) is 0 Å². The lowest BCUT2D eigenvalue weighted by Crippen LogP contribution is -2.39. The molecule has 0 radical (unpaired) electrons. The Balaban J connectivity index is 1.85. The van der Waals surface area contributed by atoms with Crippen molar-refractivity contribution in [2.45, 2.75) is 46.1 Å². The first-order valence-electron chi connectivity index (χ1n) is 9.94. The minimum Gasteiger partial charge on any atom is -0.493 e. The number of hydrogen-bond acceptors (Lipinski definition) is 5. The fraction of sp³-hybridized carbons (Fsp3) is 0.375. The third-order valence-electron chi connectivity index (χ3n) is 4.09. The molecule has 32 heavy (non-hydrogen) atoms. The molecule has 0 aliphatic rings. The number of ether oxygens (including phenoxy) is 4. The van der Waals surface area contributed by atoms with E-state index in [1.807, 2.05) is 6.92 Å². The third-order valence-corrected chi connectivity index (χ3v) is 4.09. The molecule has 0 aliphatic carbocycles. The van der Waals surface area contributed by atoms with Crippen molar-refractivity contribution in [3.63, 3.8) is 0 Å². The van der Waals surface area contributed by atoms with E-state index in [1.54, 1.807) is 39.0 Å². The molecule has 2 rings (SSSR count). The van der Waals surface area contributed by atoms with Gasteiger partial charge in [-0.2, -0.15) is 0 Å². The first-order valence-corrected chi connectivity index (χ1v) is 9.94. The second-order valence-corrected chi connectivity index (χ2v) is 7.23. The van der Waals surface area contributed by atoms with Gasteiger partial charge in [-0.15, -0.1) is 13.2 Å². The average molecular weight is 450 g/mol. The van der Waals surface area contributed by atoms with E-state index < -0.39 is 17.9 Å². The zero-order chi connectivity index (χ0) is 23.8. The molecule has 0 saturated heterocycles. The van der Waals surface area contributed by atoms with Crippen LogP contribution in [0, 0.1) is 18.8 Å². The van der Waals surface area contributed by atoms with Gasteiger partial charge in [0, 0.05) is 12.0 Å². The highest BCUT2D eigenvalue weighted by Gasteiger charge is 2.32. The van der Waals surface area contributed by atoms with Crippen molar-refractivity contribution in [2.75, 3.05) is 13.2 Å². The molecular formula is C24H25F3O5. The van der Waals surface area contributed by atoms with E-state index in [-0.39, 0.29) is 12.4 Å². The van der Waals surface area contributed by atoms with Gasteiger partial charge in [0.1, 0.15) is 17.2 Å². The predicted molar refractivity (Wildman–Crippen MR) is 113 cm³/mol. The number of carbonyl (C=O) groups is 1. The summed E-state index contributed by atoms with van der Waals surface area (Å²) in [5, 5.41) is 0. The van der Waals surface area contributed by atoms with E-state index in [4.69, 9.17) is 14.2 Å². The Labute approximate surface area is 185 Å². The predicted octanol–water partition coefficient (Wildman–Crippen LogP) is 5.43. The first-order chi connectivity index (χ1) is 15.0. The topological polar surface area (TPSA) is 54.0 Å². The highest BCUT2D eigenvalue weighted by molar-refractivity contribution is 5.79. The van der Waals surface area contributed by atoms with Gasteiger partial charge in [0.15, 0.2) is 5.60 Å². The van der Waals surface area contributed by atoms with Crippen LogP contribution < -0.4 is 14.2 Å². The van der Waals surface area contributed by atoms with Gasteiger partial charge in [0.05, 0.1) is 13.2 Å². The molecule has 0 heterocycles. The monoisotopic (exact) mass is 450 g/mol. The Morgan fingerprint density at radius 3 is 2.25 bits per heavy atom. The first kappa shape index (κ1) is 24.9. The largest absolute Gasteiger partial charge is 0.573 e. The second-order valence-electron chi connectivity index (χ2n) is 7.23. The number of hydrogen-bond donors (Lipinski definition) is 0. The number of benzene rings is 2. The quantitative estimate of drug-likeness (QED) is 0.305. The lowest BCUT2D eigenvalue weighted by Gasteiger charge is -2.25. The number of esters is 1. The number of alkyl halides is 3. The minimum absolute atomic E-state index is 0.276. The number of halogens is 3. The molecular weight excluding hydrogens is 425 g/mol.